The minimum Gasteiger partial charge on any atom is -0.308 e. The summed E-state index contributed by atoms with van der Waals surface area (Å²) >= 11 is 4.07. The molecule has 0 radical (unpaired) electrons. The Labute approximate surface area is 112 Å². The van der Waals surface area contributed by atoms with Gasteiger partial charge in [0.15, 0.2) is 0 Å². The van der Waals surface area contributed by atoms with Crippen LogP contribution in [0.4, 0.5) is 0 Å². The van der Waals surface area contributed by atoms with E-state index in [4.69, 9.17) is 0 Å². The molecule has 3 heteroatoms. The molecule has 94 valence electrons. The van der Waals surface area contributed by atoms with Crippen molar-refractivity contribution in [3.05, 3.63) is 22.4 Å². The average molecular weight is 267 g/mol. The molecule has 0 aromatic carbocycles. The molecule has 3 rings (SSSR count). The van der Waals surface area contributed by atoms with Crippen LogP contribution in [0.15, 0.2) is 17.5 Å². The second-order valence-corrected chi connectivity index (χ2v) is 8.28. The van der Waals surface area contributed by atoms with Gasteiger partial charge < -0.3 is 5.32 Å². The van der Waals surface area contributed by atoms with Crippen molar-refractivity contribution in [1.82, 2.24) is 5.32 Å². The predicted octanol–water partition coefficient (Wildman–Crippen LogP) is 4.07. The SMILES string of the molecule is CC1(CNC(c2cccs2)C2CC2)CCCS1. The van der Waals surface area contributed by atoms with Crippen molar-refractivity contribution in [3.8, 4) is 0 Å². The molecule has 0 bridgehead atoms. The second-order valence-electron chi connectivity index (χ2n) is 5.61. The molecule has 2 fully saturated rings. The molecule has 1 aromatic heterocycles. The predicted molar refractivity (Wildman–Crippen MR) is 77.9 cm³/mol. The first-order chi connectivity index (χ1) is 8.27. The van der Waals surface area contributed by atoms with E-state index in [0.29, 0.717) is 10.8 Å². The van der Waals surface area contributed by atoms with Crippen LogP contribution in [-0.2, 0) is 0 Å². The highest BCUT2D eigenvalue weighted by atomic mass is 32.2. The lowest BCUT2D eigenvalue weighted by Gasteiger charge is -2.27. The zero-order chi connectivity index (χ0) is 11.7. The molecule has 2 unspecified atom stereocenters. The van der Waals surface area contributed by atoms with Gasteiger partial charge in [-0.25, -0.2) is 0 Å². The first kappa shape index (κ1) is 12.1. The summed E-state index contributed by atoms with van der Waals surface area (Å²) in [6.45, 7) is 3.60. The van der Waals surface area contributed by atoms with Crippen LogP contribution in [0.2, 0.25) is 0 Å². The number of thiophene rings is 1. The van der Waals surface area contributed by atoms with Crippen molar-refractivity contribution in [2.24, 2.45) is 5.92 Å². The maximum absolute atomic E-state index is 3.86. The molecule has 1 aromatic rings. The van der Waals surface area contributed by atoms with Crippen LogP contribution in [0.1, 0.15) is 43.5 Å². The van der Waals surface area contributed by atoms with Gasteiger partial charge in [-0.3, -0.25) is 0 Å². The highest BCUT2D eigenvalue weighted by Gasteiger charge is 2.35. The lowest BCUT2D eigenvalue weighted by Crippen LogP contribution is -2.35. The van der Waals surface area contributed by atoms with Gasteiger partial charge in [-0.05, 0) is 55.7 Å². The van der Waals surface area contributed by atoms with Crippen molar-refractivity contribution >= 4 is 23.1 Å². The van der Waals surface area contributed by atoms with Crippen LogP contribution < -0.4 is 5.32 Å². The minimum atomic E-state index is 0.490. The van der Waals surface area contributed by atoms with Gasteiger partial charge in [0.05, 0.1) is 0 Å². The molecule has 17 heavy (non-hydrogen) atoms. The van der Waals surface area contributed by atoms with Crippen LogP contribution in [0, 0.1) is 5.92 Å². The maximum Gasteiger partial charge on any atom is 0.0443 e. The maximum atomic E-state index is 3.86. The highest BCUT2D eigenvalue weighted by molar-refractivity contribution is 8.00. The minimum absolute atomic E-state index is 0.490. The average Bonchev–Trinajstić information content (AvgIpc) is 2.84. The molecule has 1 saturated carbocycles. The first-order valence-corrected chi connectivity index (χ1v) is 8.54. The highest BCUT2D eigenvalue weighted by Crippen LogP contribution is 2.43. The Bertz CT molecular complexity index is 350. The Balaban J connectivity index is 1.61. The molecule has 1 nitrogen and oxygen atoms in total. The fraction of sp³-hybridized carbons (Fsp3) is 0.714. The number of thioether (sulfide) groups is 1. The van der Waals surface area contributed by atoms with Gasteiger partial charge in [-0.1, -0.05) is 6.07 Å². The van der Waals surface area contributed by atoms with E-state index < -0.39 is 0 Å². The van der Waals surface area contributed by atoms with E-state index in [-0.39, 0.29) is 0 Å². The molecule has 1 N–H and O–H groups in total. The number of hydrogen-bond donors (Lipinski definition) is 1. The van der Waals surface area contributed by atoms with Crippen LogP contribution in [0.5, 0.6) is 0 Å². The van der Waals surface area contributed by atoms with Crippen molar-refractivity contribution < 1.29 is 0 Å². The molecule has 0 spiro atoms. The summed E-state index contributed by atoms with van der Waals surface area (Å²) in [6.07, 6.45) is 5.61. The topological polar surface area (TPSA) is 12.0 Å². The van der Waals surface area contributed by atoms with Gasteiger partial charge in [0.25, 0.3) is 0 Å². The summed E-state index contributed by atoms with van der Waals surface area (Å²) in [7, 11) is 0. The van der Waals surface area contributed by atoms with Crippen molar-refractivity contribution in [2.75, 3.05) is 12.3 Å². The molecule has 2 atom stereocenters. The Kier molecular flexibility index (Phi) is 3.51. The third-order valence-electron chi connectivity index (χ3n) is 3.94. The lowest BCUT2D eigenvalue weighted by molar-refractivity contribution is 0.443. The van der Waals surface area contributed by atoms with Crippen LogP contribution in [0.25, 0.3) is 0 Å². The Morgan fingerprint density at radius 3 is 3.00 bits per heavy atom. The van der Waals surface area contributed by atoms with Gasteiger partial charge in [0.1, 0.15) is 0 Å². The fourth-order valence-electron chi connectivity index (χ4n) is 2.70. The van der Waals surface area contributed by atoms with E-state index in [0.717, 1.165) is 5.92 Å². The molecule has 1 aliphatic carbocycles. The molecular formula is C14H21NS2. The van der Waals surface area contributed by atoms with Crippen LogP contribution >= 0.6 is 23.1 Å². The lowest BCUT2D eigenvalue weighted by atomic mass is 10.0. The van der Waals surface area contributed by atoms with Crippen LogP contribution in [-0.4, -0.2) is 17.0 Å². The Hall–Kier alpha value is 0.01000. The second kappa shape index (κ2) is 4.94. The summed E-state index contributed by atoms with van der Waals surface area (Å²) in [5.74, 6) is 2.26. The van der Waals surface area contributed by atoms with Crippen molar-refractivity contribution in [3.63, 3.8) is 0 Å². The van der Waals surface area contributed by atoms with Gasteiger partial charge >= 0.3 is 0 Å². The van der Waals surface area contributed by atoms with Crippen LogP contribution in [0.3, 0.4) is 0 Å². The summed E-state index contributed by atoms with van der Waals surface area (Å²) in [4.78, 5) is 1.54. The summed E-state index contributed by atoms with van der Waals surface area (Å²) < 4.78 is 0.490. The van der Waals surface area contributed by atoms with E-state index in [2.05, 4.69) is 41.5 Å². The molecule has 2 aliphatic rings. The molecule has 2 heterocycles. The number of hydrogen-bond acceptors (Lipinski definition) is 3. The third kappa shape index (κ3) is 2.88. The largest absolute Gasteiger partial charge is 0.308 e. The van der Waals surface area contributed by atoms with Gasteiger partial charge in [0, 0.05) is 22.2 Å². The van der Waals surface area contributed by atoms with E-state index in [1.807, 2.05) is 11.3 Å². The Morgan fingerprint density at radius 1 is 1.53 bits per heavy atom. The van der Waals surface area contributed by atoms with Gasteiger partial charge in [0.2, 0.25) is 0 Å². The van der Waals surface area contributed by atoms with E-state index in [1.165, 1.54) is 38.0 Å². The molecule has 1 aliphatic heterocycles. The Morgan fingerprint density at radius 2 is 2.41 bits per heavy atom. The van der Waals surface area contributed by atoms with E-state index in [1.54, 1.807) is 4.88 Å². The van der Waals surface area contributed by atoms with E-state index in [9.17, 15) is 0 Å². The van der Waals surface area contributed by atoms with Crippen molar-refractivity contribution in [1.29, 1.82) is 0 Å². The summed E-state index contributed by atoms with van der Waals surface area (Å²) in [6, 6.07) is 5.11. The molecule has 0 amide bonds. The molecule has 1 saturated heterocycles. The quantitative estimate of drug-likeness (QED) is 0.863. The third-order valence-corrected chi connectivity index (χ3v) is 6.43. The number of nitrogens with one attached hydrogen (secondary N) is 1. The van der Waals surface area contributed by atoms with Gasteiger partial charge in [-0.2, -0.15) is 11.8 Å². The van der Waals surface area contributed by atoms with E-state index >= 15 is 0 Å². The summed E-state index contributed by atoms with van der Waals surface area (Å²) in [5, 5.41) is 6.06. The zero-order valence-electron chi connectivity index (χ0n) is 10.4. The standard InChI is InChI=1S/C14H21NS2/c1-14(7-3-9-17-14)10-15-13(11-5-6-11)12-4-2-8-16-12/h2,4,8,11,13,15H,3,5-7,9-10H2,1H3. The van der Waals surface area contributed by atoms with Crippen molar-refractivity contribution in [2.45, 2.75) is 43.4 Å². The smallest absolute Gasteiger partial charge is 0.0443 e. The number of rotatable bonds is 5. The first-order valence-electron chi connectivity index (χ1n) is 6.68. The fourth-order valence-corrected chi connectivity index (χ4v) is 4.85. The zero-order valence-corrected chi connectivity index (χ0v) is 12.1. The molecular weight excluding hydrogens is 246 g/mol. The summed E-state index contributed by atoms with van der Waals surface area (Å²) in [5.41, 5.74) is 0. The van der Waals surface area contributed by atoms with Gasteiger partial charge in [-0.15, -0.1) is 11.3 Å². The monoisotopic (exact) mass is 267 g/mol. The normalized spacial score (nSPS) is 30.6.